The molecule has 0 radical (unpaired) electrons. The first kappa shape index (κ1) is 19.2. The molecule has 29 heavy (non-hydrogen) atoms. The summed E-state index contributed by atoms with van der Waals surface area (Å²) in [6.07, 6.45) is 0.332. The van der Waals surface area contributed by atoms with E-state index in [-0.39, 0.29) is 18.4 Å². The third kappa shape index (κ3) is 4.66. The molecule has 2 heterocycles. The second-order valence-corrected chi connectivity index (χ2v) is 7.89. The van der Waals surface area contributed by atoms with E-state index in [1.54, 1.807) is 22.3 Å². The summed E-state index contributed by atoms with van der Waals surface area (Å²) in [4.78, 5) is 28.3. The van der Waals surface area contributed by atoms with Crippen molar-refractivity contribution in [1.29, 1.82) is 0 Å². The van der Waals surface area contributed by atoms with Crippen LogP contribution in [0.15, 0.2) is 72.1 Å². The normalized spacial score (nSPS) is 15.3. The summed E-state index contributed by atoms with van der Waals surface area (Å²) < 4.78 is 5.91. The minimum Gasteiger partial charge on any atom is -0.477 e. The number of thiophene rings is 1. The van der Waals surface area contributed by atoms with Crippen molar-refractivity contribution in [2.24, 2.45) is 0 Å². The summed E-state index contributed by atoms with van der Waals surface area (Å²) in [6.45, 7) is 0.728. The fraction of sp³-hybridized carbons (Fsp3) is 0.217. The van der Waals surface area contributed by atoms with Gasteiger partial charge in [-0.15, -0.1) is 11.3 Å². The zero-order valence-corrected chi connectivity index (χ0v) is 16.7. The lowest BCUT2D eigenvalue weighted by Gasteiger charge is -2.34. The molecule has 1 unspecified atom stereocenters. The summed E-state index contributed by atoms with van der Waals surface area (Å²) in [6, 6.07) is 21.2. The lowest BCUT2D eigenvalue weighted by Crippen LogP contribution is -2.51. The minimum absolute atomic E-state index is 0.0368. The average molecular weight is 407 g/mol. The van der Waals surface area contributed by atoms with Gasteiger partial charge in [-0.3, -0.25) is 9.59 Å². The summed E-state index contributed by atoms with van der Waals surface area (Å²) in [5.41, 5.74) is 1.87. The van der Waals surface area contributed by atoms with E-state index in [1.807, 2.05) is 66.0 Å². The molecule has 1 N–H and O–H groups in total. The molecule has 0 bridgehead atoms. The summed E-state index contributed by atoms with van der Waals surface area (Å²) >= 11 is 1.55. The predicted molar refractivity (Wildman–Crippen MR) is 114 cm³/mol. The smallest absolute Gasteiger partial charge is 0.262 e. The summed E-state index contributed by atoms with van der Waals surface area (Å²) in [5.74, 6) is 0.316. The van der Waals surface area contributed by atoms with Crippen LogP contribution >= 0.6 is 11.3 Å². The van der Waals surface area contributed by atoms with Gasteiger partial charge in [0.2, 0.25) is 5.91 Å². The SMILES string of the molecule is O=C(NCCc1ccccc1)C1CN(C(=O)Cc2cccs2)c2ccccc2O1. The lowest BCUT2D eigenvalue weighted by atomic mass is 10.1. The van der Waals surface area contributed by atoms with E-state index in [9.17, 15) is 9.59 Å². The highest BCUT2D eigenvalue weighted by Gasteiger charge is 2.33. The van der Waals surface area contributed by atoms with Gasteiger partial charge < -0.3 is 15.0 Å². The molecule has 4 rings (SSSR count). The molecule has 148 valence electrons. The van der Waals surface area contributed by atoms with Crippen LogP contribution in [0.3, 0.4) is 0 Å². The van der Waals surface area contributed by atoms with E-state index in [2.05, 4.69) is 5.32 Å². The molecule has 1 aromatic heterocycles. The number of ether oxygens (including phenoxy) is 1. The van der Waals surface area contributed by atoms with Gasteiger partial charge in [-0.1, -0.05) is 48.5 Å². The largest absolute Gasteiger partial charge is 0.477 e. The van der Waals surface area contributed by atoms with E-state index in [1.165, 1.54) is 0 Å². The summed E-state index contributed by atoms with van der Waals surface area (Å²) in [7, 11) is 0. The second-order valence-electron chi connectivity index (χ2n) is 6.86. The van der Waals surface area contributed by atoms with Crippen molar-refractivity contribution >= 4 is 28.8 Å². The zero-order chi connectivity index (χ0) is 20.1. The maximum absolute atomic E-state index is 12.9. The van der Waals surface area contributed by atoms with Crippen LogP contribution in [0.25, 0.3) is 0 Å². The number of carbonyl (C=O) groups excluding carboxylic acids is 2. The molecular formula is C23H22N2O3S. The van der Waals surface area contributed by atoms with Crippen LogP contribution < -0.4 is 15.0 Å². The Hall–Kier alpha value is -3.12. The standard InChI is InChI=1S/C23H22N2O3S/c26-22(15-18-9-6-14-29-18)25-16-21(28-20-11-5-4-10-19(20)25)23(27)24-13-12-17-7-2-1-3-8-17/h1-11,14,21H,12-13,15-16H2,(H,24,27). The predicted octanol–water partition coefficient (Wildman–Crippen LogP) is 3.44. The maximum Gasteiger partial charge on any atom is 0.262 e. The molecular weight excluding hydrogens is 384 g/mol. The Balaban J connectivity index is 1.43. The number of fused-ring (bicyclic) bond motifs is 1. The number of carbonyl (C=O) groups is 2. The van der Waals surface area contributed by atoms with Crippen molar-refractivity contribution in [2.45, 2.75) is 18.9 Å². The molecule has 0 saturated heterocycles. The zero-order valence-electron chi connectivity index (χ0n) is 15.9. The van der Waals surface area contributed by atoms with Crippen LogP contribution in [-0.2, 0) is 22.4 Å². The Kier molecular flexibility index (Phi) is 5.91. The molecule has 0 saturated carbocycles. The van der Waals surface area contributed by atoms with Gasteiger partial charge in [0.25, 0.3) is 5.91 Å². The van der Waals surface area contributed by atoms with E-state index in [0.29, 0.717) is 24.4 Å². The number of nitrogens with one attached hydrogen (secondary N) is 1. The van der Waals surface area contributed by atoms with Crippen molar-refractivity contribution in [2.75, 3.05) is 18.0 Å². The Morgan fingerprint density at radius 2 is 1.83 bits per heavy atom. The van der Waals surface area contributed by atoms with Gasteiger partial charge in [0.1, 0.15) is 5.75 Å². The van der Waals surface area contributed by atoms with Crippen molar-refractivity contribution in [3.8, 4) is 5.75 Å². The Morgan fingerprint density at radius 1 is 1.03 bits per heavy atom. The van der Waals surface area contributed by atoms with Crippen molar-refractivity contribution < 1.29 is 14.3 Å². The maximum atomic E-state index is 12.9. The number of anilines is 1. The van der Waals surface area contributed by atoms with E-state index in [4.69, 9.17) is 4.74 Å². The Morgan fingerprint density at radius 3 is 2.62 bits per heavy atom. The van der Waals surface area contributed by atoms with Crippen molar-refractivity contribution in [3.63, 3.8) is 0 Å². The number of amides is 2. The van der Waals surface area contributed by atoms with Gasteiger partial charge in [-0.05, 0) is 35.6 Å². The van der Waals surface area contributed by atoms with Crippen molar-refractivity contribution in [3.05, 3.63) is 82.6 Å². The van der Waals surface area contributed by atoms with Crippen molar-refractivity contribution in [1.82, 2.24) is 5.32 Å². The number of nitrogens with zero attached hydrogens (tertiary/aromatic N) is 1. The molecule has 2 amide bonds. The fourth-order valence-corrected chi connectivity index (χ4v) is 4.05. The molecule has 5 nitrogen and oxygen atoms in total. The molecule has 1 aliphatic rings. The molecule has 1 aliphatic heterocycles. The van der Waals surface area contributed by atoms with Gasteiger partial charge in [-0.2, -0.15) is 0 Å². The first-order valence-corrected chi connectivity index (χ1v) is 10.5. The molecule has 3 aromatic rings. The van der Waals surface area contributed by atoms with E-state index < -0.39 is 6.10 Å². The average Bonchev–Trinajstić information content (AvgIpc) is 3.26. The van der Waals surface area contributed by atoms with Gasteiger partial charge in [0.15, 0.2) is 6.10 Å². The minimum atomic E-state index is -0.729. The third-order valence-corrected chi connectivity index (χ3v) is 5.70. The first-order chi connectivity index (χ1) is 14.2. The van der Waals surface area contributed by atoms with Gasteiger partial charge in [-0.25, -0.2) is 0 Å². The highest BCUT2D eigenvalue weighted by molar-refractivity contribution is 7.10. The van der Waals surface area contributed by atoms with Crippen LogP contribution in [0.2, 0.25) is 0 Å². The topological polar surface area (TPSA) is 58.6 Å². The molecule has 6 heteroatoms. The van der Waals surface area contributed by atoms with Crippen LogP contribution in [-0.4, -0.2) is 31.0 Å². The third-order valence-electron chi connectivity index (χ3n) is 4.83. The molecule has 0 spiro atoms. The van der Waals surface area contributed by atoms with Gasteiger partial charge in [0.05, 0.1) is 18.7 Å². The van der Waals surface area contributed by atoms with Gasteiger partial charge in [0, 0.05) is 11.4 Å². The monoisotopic (exact) mass is 406 g/mol. The second kappa shape index (κ2) is 8.92. The Bertz CT molecular complexity index is 973. The Labute approximate surface area is 173 Å². The lowest BCUT2D eigenvalue weighted by molar-refractivity contribution is -0.128. The number of hydrogen-bond acceptors (Lipinski definition) is 4. The first-order valence-electron chi connectivity index (χ1n) is 9.61. The number of para-hydroxylation sites is 2. The summed E-state index contributed by atoms with van der Waals surface area (Å²) in [5, 5.41) is 4.89. The van der Waals surface area contributed by atoms with Crippen LogP contribution in [0.1, 0.15) is 10.4 Å². The van der Waals surface area contributed by atoms with E-state index in [0.717, 1.165) is 16.9 Å². The number of benzene rings is 2. The molecule has 1 atom stereocenters. The van der Waals surface area contributed by atoms with E-state index >= 15 is 0 Å². The highest BCUT2D eigenvalue weighted by atomic mass is 32.1. The molecule has 2 aromatic carbocycles. The van der Waals surface area contributed by atoms with Crippen LogP contribution in [0.4, 0.5) is 5.69 Å². The van der Waals surface area contributed by atoms with Gasteiger partial charge >= 0.3 is 0 Å². The quantitative estimate of drug-likeness (QED) is 0.682. The number of rotatable bonds is 6. The molecule has 0 fully saturated rings. The van der Waals surface area contributed by atoms with Crippen LogP contribution in [0.5, 0.6) is 5.75 Å². The molecule has 0 aliphatic carbocycles. The fourth-order valence-electron chi connectivity index (χ4n) is 3.35. The number of hydrogen-bond donors (Lipinski definition) is 1. The highest BCUT2D eigenvalue weighted by Crippen LogP contribution is 2.33. The van der Waals surface area contributed by atoms with Crippen LogP contribution in [0, 0.1) is 0 Å².